The predicted molar refractivity (Wildman–Crippen MR) is 171 cm³/mol. The van der Waals surface area contributed by atoms with Crippen LogP contribution in [0.4, 0.5) is 5.69 Å². The normalized spacial score (nSPS) is 26.7. The number of benzene rings is 2. The minimum atomic E-state index is -0.351. The van der Waals surface area contributed by atoms with Gasteiger partial charge in [0.2, 0.25) is 0 Å². The van der Waals surface area contributed by atoms with Gasteiger partial charge in [0.1, 0.15) is 5.75 Å². The van der Waals surface area contributed by atoms with Gasteiger partial charge in [-0.2, -0.15) is 0 Å². The monoisotopic (exact) mass is 621 g/mol. The molecule has 1 heterocycles. The van der Waals surface area contributed by atoms with Crippen LogP contribution >= 0.6 is 11.6 Å². The summed E-state index contributed by atoms with van der Waals surface area (Å²) in [6.45, 7) is 4.49. The van der Waals surface area contributed by atoms with Crippen LogP contribution in [-0.2, 0) is 30.8 Å². The number of hydrogen-bond donors (Lipinski definition) is 0. The second-order valence-electron chi connectivity index (χ2n) is 12.9. The summed E-state index contributed by atoms with van der Waals surface area (Å²) >= 11 is 6.43. The van der Waals surface area contributed by atoms with Gasteiger partial charge in [-0.15, -0.1) is 0 Å². The van der Waals surface area contributed by atoms with Gasteiger partial charge in [-0.1, -0.05) is 23.7 Å². The molecule has 1 aliphatic heterocycles. The Kier molecular flexibility index (Phi) is 9.25. The number of fused-ring (bicyclic) bond motifs is 3. The molecule has 8 heteroatoms. The maximum Gasteiger partial charge on any atom is 0.337 e. The molecule has 44 heavy (non-hydrogen) atoms. The number of aryl methyl sites for hydroxylation is 1. The largest absolute Gasteiger partial charge is 0.490 e. The highest BCUT2D eigenvalue weighted by Crippen LogP contribution is 2.48. The van der Waals surface area contributed by atoms with Crippen LogP contribution < -0.4 is 9.64 Å². The van der Waals surface area contributed by atoms with Crippen molar-refractivity contribution in [3.05, 3.63) is 69.8 Å². The number of ether oxygens (including phenoxy) is 4. The van der Waals surface area contributed by atoms with Crippen molar-refractivity contribution in [3.63, 3.8) is 0 Å². The first kappa shape index (κ1) is 31.0. The molecule has 0 N–H and O–H groups in total. The number of carbonyl (C=O) groups excluding carboxylic acids is 2. The molecule has 0 radical (unpaired) electrons. The second-order valence-corrected chi connectivity index (χ2v) is 13.4. The number of carbonyl (C=O) groups is 2. The third-order valence-corrected chi connectivity index (χ3v) is 10.7. The third kappa shape index (κ3) is 5.97. The molecule has 1 saturated carbocycles. The van der Waals surface area contributed by atoms with Crippen molar-refractivity contribution in [2.24, 2.45) is 17.8 Å². The van der Waals surface area contributed by atoms with E-state index >= 15 is 0 Å². The van der Waals surface area contributed by atoms with Gasteiger partial charge in [0.05, 0.1) is 43.6 Å². The number of anilines is 1. The van der Waals surface area contributed by atoms with E-state index in [9.17, 15) is 9.59 Å². The summed E-state index contributed by atoms with van der Waals surface area (Å²) in [5, 5.41) is 0.770. The number of hydrogen-bond acceptors (Lipinski definition) is 7. The summed E-state index contributed by atoms with van der Waals surface area (Å²) in [6.07, 6.45) is 9.98. The standard InChI is InChI=1S/C36H44ClNO6/c1-4-43-35(40)24-9-7-23(8-10-24)33(41-2)29-14-11-27(29)20-38-21-36(17-5-6-25-18-28(37)13-15-30(25)36)22-44-32-16-12-26(19-31(32)38)34(39)42-3/h7,12-13,15-16,18-19,24,27,29,33H,4-6,8-11,14,17,20-22H2,1-3H3/t24-,27-,29+,33?,36-/m0/s1. The van der Waals surface area contributed by atoms with Gasteiger partial charge in [-0.25, -0.2) is 4.79 Å². The molecule has 3 aliphatic carbocycles. The van der Waals surface area contributed by atoms with Crippen LogP contribution in [0, 0.1) is 17.8 Å². The topological polar surface area (TPSA) is 74.3 Å². The fourth-order valence-electron chi connectivity index (χ4n) is 8.05. The summed E-state index contributed by atoms with van der Waals surface area (Å²) in [5.74, 6) is 1.10. The highest BCUT2D eigenvalue weighted by atomic mass is 35.5. The lowest BCUT2D eigenvalue weighted by molar-refractivity contribution is -0.148. The van der Waals surface area contributed by atoms with Crippen molar-refractivity contribution >= 4 is 29.2 Å². The molecule has 0 saturated heterocycles. The van der Waals surface area contributed by atoms with Gasteiger partial charge in [0.15, 0.2) is 0 Å². The predicted octanol–water partition coefficient (Wildman–Crippen LogP) is 6.93. The van der Waals surface area contributed by atoms with Crippen LogP contribution in [0.5, 0.6) is 5.75 Å². The van der Waals surface area contributed by atoms with Gasteiger partial charge >= 0.3 is 11.9 Å². The molecule has 1 fully saturated rings. The van der Waals surface area contributed by atoms with Crippen molar-refractivity contribution in [2.75, 3.05) is 45.4 Å². The number of esters is 2. The van der Waals surface area contributed by atoms with Gasteiger partial charge in [-0.3, -0.25) is 4.79 Å². The fourth-order valence-corrected chi connectivity index (χ4v) is 8.24. The molecule has 2 aromatic carbocycles. The highest BCUT2D eigenvalue weighted by Gasteiger charge is 2.45. The van der Waals surface area contributed by atoms with E-state index in [-0.39, 0.29) is 29.4 Å². The Labute approximate surface area is 265 Å². The Morgan fingerprint density at radius 3 is 2.68 bits per heavy atom. The number of halogens is 1. The lowest BCUT2D eigenvalue weighted by Crippen LogP contribution is -2.50. The van der Waals surface area contributed by atoms with Crippen molar-refractivity contribution in [3.8, 4) is 5.75 Å². The smallest absolute Gasteiger partial charge is 0.337 e. The van der Waals surface area contributed by atoms with E-state index in [1.54, 1.807) is 6.07 Å². The van der Waals surface area contributed by atoms with Crippen LogP contribution in [0.1, 0.15) is 73.4 Å². The molecule has 0 amide bonds. The maximum absolute atomic E-state index is 12.6. The van der Waals surface area contributed by atoms with E-state index < -0.39 is 0 Å². The molecule has 1 spiro atoms. The Hall–Kier alpha value is -3.03. The fraction of sp³-hybridized carbons (Fsp3) is 0.556. The highest BCUT2D eigenvalue weighted by molar-refractivity contribution is 6.30. The van der Waals surface area contributed by atoms with Gasteiger partial charge in [0.25, 0.3) is 0 Å². The zero-order chi connectivity index (χ0) is 30.8. The van der Waals surface area contributed by atoms with Gasteiger partial charge in [-0.05, 0) is 117 Å². The molecule has 5 atom stereocenters. The van der Waals surface area contributed by atoms with Crippen molar-refractivity contribution in [2.45, 2.75) is 69.8 Å². The van der Waals surface area contributed by atoms with E-state index in [2.05, 4.69) is 23.1 Å². The molecule has 236 valence electrons. The summed E-state index contributed by atoms with van der Waals surface area (Å²) in [4.78, 5) is 27.4. The van der Waals surface area contributed by atoms with E-state index in [1.165, 1.54) is 23.8 Å². The first-order chi connectivity index (χ1) is 21.4. The van der Waals surface area contributed by atoms with Gasteiger partial charge in [0, 0.05) is 30.6 Å². The molecule has 0 aromatic heterocycles. The minimum absolute atomic E-state index is 0.0347. The van der Waals surface area contributed by atoms with Crippen molar-refractivity contribution in [1.29, 1.82) is 0 Å². The third-order valence-electron chi connectivity index (χ3n) is 10.5. The summed E-state index contributed by atoms with van der Waals surface area (Å²) in [5.41, 5.74) is 5.22. The summed E-state index contributed by atoms with van der Waals surface area (Å²) in [6, 6.07) is 12.0. The molecule has 7 nitrogen and oxygen atoms in total. The zero-order valence-corrected chi connectivity index (χ0v) is 26.9. The average molecular weight is 622 g/mol. The molecular weight excluding hydrogens is 578 g/mol. The zero-order valence-electron chi connectivity index (χ0n) is 26.1. The Morgan fingerprint density at radius 1 is 1.11 bits per heavy atom. The Bertz CT molecular complexity index is 1420. The van der Waals surface area contributed by atoms with Crippen LogP contribution in [0.2, 0.25) is 5.02 Å². The molecule has 6 rings (SSSR count). The number of nitrogens with zero attached hydrogens (tertiary/aromatic N) is 1. The van der Waals surface area contributed by atoms with Crippen molar-refractivity contribution < 1.29 is 28.5 Å². The van der Waals surface area contributed by atoms with Crippen molar-refractivity contribution in [1.82, 2.24) is 0 Å². The molecular formula is C36H44ClNO6. The SMILES string of the molecule is CCOC(=O)[C@H]1CC=C(C(OC)[C@@H]2CC[C@H]2CN2C[C@@]3(CCCc4cc(Cl)ccc43)COc3ccc(C(=O)OC)cc32)CC1. The number of rotatable bonds is 8. The molecule has 1 unspecified atom stereocenters. The molecule has 4 aliphatic rings. The first-order valence-electron chi connectivity index (χ1n) is 16.1. The van der Waals surface area contributed by atoms with Crippen LogP contribution in [0.25, 0.3) is 0 Å². The average Bonchev–Trinajstić information content (AvgIpc) is 3.18. The summed E-state index contributed by atoms with van der Waals surface area (Å²) < 4.78 is 23.1. The van der Waals surface area contributed by atoms with E-state index in [0.717, 1.165) is 74.5 Å². The first-order valence-corrected chi connectivity index (χ1v) is 16.5. The second kappa shape index (κ2) is 13.1. The molecule has 2 aromatic rings. The van der Waals surface area contributed by atoms with Gasteiger partial charge < -0.3 is 23.8 Å². The maximum atomic E-state index is 12.6. The van der Waals surface area contributed by atoms with Crippen LogP contribution in [-0.4, -0.2) is 58.6 Å². The molecule has 0 bridgehead atoms. The lowest BCUT2D eigenvalue weighted by atomic mass is 9.66. The minimum Gasteiger partial charge on any atom is -0.490 e. The number of allylic oxidation sites excluding steroid dienone is 1. The Balaban J connectivity index is 1.28. The quantitative estimate of drug-likeness (QED) is 0.234. The Morgan fingerprint density at radius 2 is 1.98 bits per heavy atom. The van der Waals surface area contributed by atoms with Crippen LogP contribution in [0.3, 0.4) is 0 Å². The van der Waals surface area contributed by atoms with E-state index in [0.29, 0.717) is 37.0 Å². The van der Waals surface area contributed by atoms with E-state index in [4.69, 9.17) is 30.5 Å². The van der Waals surface area contributed by atoms with Crippen LogP contribution in [0.15, 0.2) is 48.0 Å². The summed E-state index contributed by atoms with van der Waals surface area (Å²) in [7, 11) is 3.23. The lowest BCUT2D eigenvalue weighted by Gasteiger charge is -2.47. The number of methoxy groups -OCH3 is 2. The van der Waals surface area contributed by atoms with E-state index in [1.807, 2.05) is 32.2 Å².